The third-order valence-corrected chi connectivity index (χ3v) is 5.65. The van der Waals surface area contributed by atoms with Gasteiger partial charge in [0, 0.05) is 12.5 Å². The average Bonchev–Trinajstić information content (AvgIpc) is 2.36. The highest BCUT2D eigenvalue weighted by Gasteiger charge is 2.51. The lowest BCUT2D eigenvalue weighted by Gasteiger charge is -2.56. The summed E-state index contributed by atoms with van der Waals surface area (Å²) in [4.78, 5) is 0. The molecule has 1 N–H and O–H groups in total. The van der Waals surface area contributed by atoms with Crippen LogP contribution in [0.5, 0.6) is 0 Å². The zero-order chi connectivity index (χ0) is 13.5. The number of rotatable bonds is 2. The van der Waals surface area contributed by atoms with Crippen molar-refractivity contribution in [2.45, 2.75) is 46.0 Å². The van der Waals surface area contributed by atoms with Crippen molar-refractivity contribution in [1.29, 1.82) is 0 Å². The molecule has 3 rings (SSSR count). The standard InChI is InChI=1S/C18H27N/c1-13(2)16-10-18(11-16)8-9-19-12-17(18)15-6-4-14(3)5-7-15/h4-7,13,16-17,19H,8-12H2,1-3H3. The minimum absolute atomic E-state index is 0.607. The van der Waals surface area contributed by atoms with E-state index in [1.165, 1.54) is 37.9 Å². The first-order valence-corrected chi connectivity index (χ1v) is 7.88. The van der Waals surface area contributed by atoms with Gasteiger partial charge in [0.25, 0.3) is 0 Å². The second-order valence-corrected chi connectivity index (χ2v) is 7.19. The molecule has 1 heteroatoms. The Morgan fingerprint density at radius 3 is 2.47 bits per heavy atom. The highest BCUT2D eigenvalue weighted by atomic mass is 14.9. The molecule has 0 bridgehead atoms. The van der Waals surface area contributed by atoms with E-state index in [0.717, 1.165) is 17.8 Å². The van der Waals surface area contributed by atoms with Crippen LogP contribution in [0, 0.1) is 24.2 Å². The van der Waals surface area contributed by atoms with E-state index in [2.05, 4.69) is 50.4 Å². The van der Waals surface area contributed by atoms with Gasteiger partial charge in [-0.2, -0.15) is 0 Å². The molecule has 1 aromatic rings. The highest BCUT2D eigenvalue weighted by molar-refractivity contribution is 5.28. The molecule has 1 saturated carbocycles. The second-order valence-electron chi connectivity index (χ2n) is 7.19. The van der Waals surface area contributed by atoms with Gasteiger partial charge in [0.05, 0.1) is 0 Å². The van der Waals surface area contributed by atoms with Crippen LogP contribution in [-0.2, 0) is 0 Å². The Kier molecular flexibility index (Phi) is 3.42. The SMILES string of the molecule is Cc1ccc(C2CNCCC23CC(C(C)C)C3)cc1. The Balaban J connectivity index is 1.81. The van der Waals surface area contributed by atoms with Crippen molar-refractivity contribution in [3.05, 3.63) is 35.4 Å². The molecule has 1 aromatic carbocycles. The van der Waals surface area contributed by atoms with E-state index in [-0.39, 0.29) is 0 Å². The van der Waals surface area contributed by atoms with Gasteiger partial charge in [0.1, 0.15) is 0 Å². The summed E-state index contributed by atoms with van der Waals surface area (Å²) in [6, 6.07) is 9.27. The third-order valence-electron chi connectivity index (χ3n) is 5.65. The maximum atomic E-state index is 3.62. The lowest BCUT2D eigenvalue weighted by molar-refractivity contribution is -0.0214. The van der Waals surface area contributed by atoms with Crippen molar-refractivity contribution in [3.8, 4) is 0 Å². The molecular formula is C18H27N. The van der Waals surface area contributed by atoms with Crippen LogP contribution < -0.4 is 5.32 Å². The first-order chi connectivity index (χ1) is 9.11. The molecule has 2 fully saturated rings. The first kappa shape index (κ1) is 13.2. The van der Waals surface area contributed by atoms with E-state index in [1.54, 1.807) is 5.56 Å². The molecule has 1 nitrogen and oxygen atoms in total. The van der Waals surface area contributed by atoms with Gasteiger partial charge in [-0.1, -0.05) is 43.7 Å². The molecule has 1 atom stereocenters. The summed E-state index contributed by atoms with van der Waals surface area (Å²) >= 11 is 0. The van der Waals surface area contributed by atoms with Crippen LogP contribution in [0.25, 0.3) is 0 Å². The van der Waals surface area contributed by atoms with E-state index in [0.29, 0.717) is 5.41 Å². The van der Waals surface area contributed by atoms with E-state index >= 15 is 0 Å². The van der Waals surface area contributed by atoms with Crippen LogP contribution in [0.2, 0.25) is 0 Å². The van der Waals surface area contributed by atoms with Crippen molar-refractivity contribution in [3.63, 3.8) is 0 Å². The number of aryl methyl sites for hydroxylation is 1. The molecule has 1 unspecified atom stereocenters. The van der Waals surface area contributed by atoms with Crippen LogP contribution in [0.15, 0.2) is 24.3 Å². The molecule has 1 aliphatic heterocycles. The average molecular weight is 257 g/mol. The number of hydrogen-bond donors (Lipinski definition) is 1. The predicted octanol–water partition coefficient (Wildman–Crippen LogP) is 4.12. The molecule has 1 spiro atoms. The van der Waals surface area contributed by atoms with Gasteiger partial charge in [-0.15, -0.1) is 0 Å². The van der Waals surface area contributed by atoms with Gasteiger partial charge >= 0.3 is 0 Å². The highest BCUT2D eigenvalue weighted by Crippen LogP contribution is 2.59. The molecular weight excluding hydrogens is 230 g/mol. The normalized spacial score (nSPS) is 34.5. The zero-order valence-corrected chi connectivity index (χ0v) is 12.6. The molecule has 19 heavy (non-hydrogen) atoms. The van der Waals surface area contributed by atoms with Gasteiger partial charge in [0.15, 0.2) is 0 Å². The summed E-state index contributed by atoms with van der Waals surface area (Å²) in [6.07, 6.45) is 4.27. The van der Waals surface area contributed by atoms with Crippen LogP contribution in [0.1, 0.15) is 50.2 Å². The molecule has 2 aliphatic rings. The fraction of sp³-hybridized carbons (Fsp3) is 0.667. The Morgan fingerprint density at radius 1 is 1.16 bits per heavy atom. The van der Waals surface area contributed by atoms with E-state index in [9.17, 15) is 0 Å². The van der Waals surface area contributed by atoms with E-state index < -0.39 is 0 Å². The molecule has 1 heterocycles. The van der Waals surface area contributed by atoms with Crippen molar-refractivity contribution in [1.82, 2.24) is 5.32 Å². The molecule has 0 amide bonds. The Bertz CT molecular complexity index is 426. The summed E-state index contributed by atoms with van der Waals surface area (Å²) in [6.45, 7) is 9.34. The predicted molar refractivity (Wildman–Crippen MR) is 81.4 cm³/mol. The number of hydrogen-bond acceptors (Lipinski definition) is 1. The van der Waals surface area contributed by atoms with Gasteiger partial charge in [-0.05, 0) is 55.5 Å². The third kappa shape index (κ3) is 2.33. The Morgan fingerprint density at radius 2 is 1.84 bits per heavy atom. The second kappa shape index (κ2) is 4.94. The van der Waals surface area contributed by atoms with Gasteiger partial charge in [-0.25, -0.2) is 0 Å². The fourth-order valence-electron chi connectivity index (χ4n) is 4.19. The minimum Gasteiger partial charge on any atom is -0.316 e. The van der Waals surface area contributed by atoms with Crippen molar-refractivity contribution >= 4 is 0 Å². The zero-order valence-electron chi connectivity index (χ0n) is 12.6. The summed E-state index contributed by atoms with van der Waals surface area (Å²) in [5, 5.41) is 3.62. The van der Waals surface area contributed by atoms with E-state index in [4.69, 9.17) is 0 Å². The van der Waals surface area contributed by atoms with Gasteiger partial charge in [0.2, 0.25) is 0 Å². The Labute approximate surface area is 117 Å². The Hall–Kier alpha value is -0.820. The van der Waals surface area contributed by atoms with E-state index in [1.807, 2.05) is 0 Å². The van der Waals surface area contributed by atoms with Crippen molar-refractivity contribution in [2.75, 3.05) is 13.1 Å². The minimum atomic E-state index is 0.607. The first-order valence-electron chi connectivity index (χ1n) is 7.88. The fourth-order valence-corrected chi connectivity index (χ4v) is 4.19. The maximum Gasteiger partial charge on any atom is 0.00255 e. The van der Waals surface area contributed by atoms with Crippen LogP contribution >= 0.6 is 0 Å². The van der Waals surface area contributed by atoms with Crippen LogP contribution in [0.3, 0.4) is 0 Å². The molecule has 1 aliphatic carbocycles. The number of benzene rings is 1. The monoisotopic (exact) mass is 257 g/mol. The lowest BCUT2D eigenvalue weighted by atomic mass is 9.50. The van der Waals surface area contributed by atoms with Crippen LogP contribution in [-0.4, -0.2) is 13.1 Å². The number of piperidine rings is 1. The van der Waals surface area contributed by atoms with Gasteiger partial charge < -0.3 is 5.32 Å². The molecule has 0 aromatic heterocycles. The van der Waals surface area contributed by atoms with Crippen molar-refractivity contribution in [2.24, 2.45) is 17.3 Å². The summed E-state index contributed by atoms with van der Waals surface area (Å²) in [5.41, 5.74) is 3.53. The maximum absolute atomic E-state index is 3.62. The summed E-state index contributed by atoms with van der Waals surface area (Å²) in [7, 11) is 0. The molecule has 104 valence electrons. The quantitative estimate of drug-likeness (QED) is 0.840. The largest absolute Gasteiger partial charge is 0.316 e. The van der Waals surface area contributed by atoms with Gasteiger partial charge in [-0.3, -0.25) is 0 Å². The molecule has 1 saturated heterocycles. The molecule has 0 radical (unpaired) electrons. The van der Waals surface area contributed by atoms with Crippen molar-refractivity contribution < 1.29 is 0 Å². The number of nitrogens with one attached hydrogen (secondary N) is 1. The smallest absolute Gasteiger partial charge is 0.00255 e. The topological polar surface area (TPSA) is 12.0 Å². The summed E-state index contributed by atoms with van der Waals surface area (Å²) in [5.74, 6) is 2.56. The summed E-state index contributed by atoms with van der Waals surface area (Å²) < 4.78 is 0. The van der Waals surface area contributed by atoms with Crippen LogP contribution in [0.4, 0.5) is 0 Å². The lowest BCUT2D eigenvalue weighted by Crippen LogP contribution is -2.51.